The van der Waals surface area contributed by atoms with Gasteiger partial charge in [0.15, 0.2) is 5.78 Å². The number of carbonyl (C=O) groups excluding carboxylic acids is 3. The number of carbonyl (C=O) groups is 3. The fourth-order valence-electron chi connectivity index (χ4n) is 7.19. The second-order valence-corrected chi connectivity index (χ2v) is 13.1. The molecule has 0 aliphatic heterocycles. The Bertz CT molecular complexity index is 1420. The molecule has 0 bridgehead atoms. The van der Waals surface area contributed by atoms with E-state index in [0.29, 0.717) is 6.42 Å². The molecule has 1 aliphatic carbocycles. The summed E-state index contributed by atoms with van der Waals surface area (Å²) in [7, 11) is 0. The molecule has 0 fully saturated rings. The maximum atomic E-state index is 13.9. The van der Waals surface area contributed by atoms with Crippen molar-refractivity contribution in [3.63, 3.8) is 0 Å². The molecule has 40 heavy (non-hydrogen) atoms. The lowest BCUT2D eigenvalue weighted by molar-refractivity contribution is -0.129. The van der Waals surface area contributed by atoms with Gasteiger partial charge in [0, 0.05) is 17.9 Å². The van der Waals surface area contributed by atoms with Gasteiger partial charge in [-0.15, -0.1) is 0 Å². The number of fused-ring (bicyclic) bond motifs is 2. The molecule has 3 aromatic rings. The fourth-order valence-corrected chi connectivity index (χ4v) is 7.19. The summed E-state index contributed by atoms with van der Waals surface area (Å²) in [4.78, 5) is 38.7. The van der Waals surface area contributed by atoms with Crippen molar-refractivity contribution in [2.24, 2.45) is 17.8 Å². The topological polar surface area (TPSA) is 51.2 Å². The second kappa shape index (κ2) is 12.2. The SMILES string of the molecule is CCCC(CC1CC(=O)c2c(C)c(C(C)(C)C)cc(-c3ccc4ccccc4c3)c2C1)C(CC)C(=O)CC(C)=O. The lowest BCUT2D eigenvalue weighted by Crippen LogP contribution is -2.30. The van der Waals surface area contributed by atoms with E-state index in [1.165, 1.54) is 34.4 Å². The highest BCUT2D eigenvalue weighted by atomic mass is 16.1. The third-order valence-electron chi connectivity index (χ3n) is 8.95. The molecule has 1 aliphatic rings. The van der Waals surface area contributed by atoms with Crippen LogP contribution in [0.2, 0.25) is 0 Å². The van der Waals surface area contributed by atoms with Crippen molar-refractivity contribution >= 4 is 28.1 Å². The van der Waals surface area contributed by atoms with Crippen LogP contribution in [-0.4, -0.2) is 17.3 Å². The van der Waals surface area contributed by atoms with E-state index in [0.717, 1.165) is 48.8 Å². The molecule has 0 spiro atoms. The lowest BCUT2D eigenvalue weighted by atomic mass is 9.69. The molecule has 0 saturated heterocycles. The maximum absolute atomic E-state index is 13.9. The fraction of sp³-hybridized carbons (Fsp3) is 0.486. The highest BCUT2D eigenvalue weighted by Gasteiger charge is 2.35. The summed E-state index contributed by atoms with van der Waals surface area (Å²) >= 11 is 0. The zero-order chi connectivity index (χ0) is 29.2. The average molecular weight is 539 g/mol. The summed E-state index contributed by atoms with van der Waals surface area (Å²) in [6.45, 7) is 14.5. The second-order valence-electron chi connectivity index (χ2n) is 13.1. The first-order valence-electron chi connectivity index (χ1n) is 15.2. The average Bonchev–Trinajstić information content (AvgIpc) is 2.87. The minimum Gasteiger partial charge on any atom is -0.300 e. The van der Waals surface area contributed by atoms with Gasteiger partial charge in [-0.2, -0.15) is 0 Å². The first-order chi connectivity index (χ1) is 18.9. The van der Waals surface area contributed by atoms with E-state index < -0.39 is 0 Å². The molecular weight excluding hydrogens is 492 g/mol. The molecule has 3 unspecified atom stereocenters. The van der Waals surface area contributed by atoms with Gasteiger partial charge in [-0.25, -0.2) is 0 Å². The van der Waals surface area contributed by atoms with E-state index in [-0.39, 0.29) is 46.9 Å². The van der Waals surface area contributed by atoms with E-state index in [1.54, 1.807) is 0 Å². The van der Waals surface area contributed by atoms with Crippen molar-refractivity contribution < 1.29 is 14.4 Å². The van der Waals surface area contributed by atoms with E-state index in [2.05, 4.69) is 90.1 Å². The van der Waals surface area contributed by atoms with Crippen LogP contribution in [0.5, 0.6) is 0 Å². The normalized spacial score (nSPS) is 17.0. The Balaban J connectivity index is 1.78. The number of Topliss-reactive ketones (excluding diaryl/α,β-unsaturated/α-hetero) is 3. The van der Waals surface area contributed by atoms with Gasteiger partial charge >= 0.3 is 0 Å². The zero-order valence-corrected chi connectivity index (χ0v) is 25.5. The van der Waals surface area contributed by atoms with Crippen LogP contribution in [0.15, 0.2) is 48.5 Å². The molecule has 0 saturated carbocycles. The minimum absolute atomic E-state index is 0.0199. The number of hydrogen-bond acceptors (Lipinski definition) is 3. The Kier molecular flexibility index (Phi) is 9.12. The van der Waals surface area contributed by atoms with Gasteiger partial charge in [0.1, 0.15) is 11.6 Å². The third-order valence-corrected chi connectivity index (χ3v) is 8.95. The van der Waals surface area contributed by atoms with Crippen LogP contribution < -0.4 is 0 Å². The van der Waals surface area contributed by atoms with Crippen LogP contribution >= 0.6 is 0 Å². The van der Waals surface area contributed by atoms with Crippen molar-refractivity contribution in [2.45, 2.75) is 98.8 Å². The number of ketones is 3. The Morgan fingerprint density at radius 2 is 1.68 bits per heavy atom. The molecule has 212 valence electrons. The summed E-state index contributed by atoms with van der Waals surface area (Å²) in [5, 5.41) is 2.41. The molecule has 0 aromatic heterocycles. The van der Waals surface area contributed by atoms with Gasteiger partial charge in [-0.05, 0) is 95.0 Å². The molecular formula is C37H46O3. The van der Waals surface area contributed by atoms with Gasteiger partial charge < -0.3 is 0 Å². The largest absolute Gasteiger partial charge is 0.300 e. The first kappa shape index (κ1) is 29.9. The van der Waals surface area contributed by atoms with Gasteiger partial charge in [0.05, 0.1) is 6.42 Å². The molecule has 0 radical (unpaired) electrons. The van der Waals surface area contributed by atoms with E-state index in [1.807, 2.05) is 0 Å². The maximum Gasteiger partial charge on any atom is 0.163 e. The van der Waals surface area contributed by atoms with Crippen LogP contribution in [0, 0.1) is 24.7 Å². The van der Waals surface area contributed by atoms with Crippen LogP contribution in [-0.2, 0) is 21.4 Å². The predicted octanol–water partition coefficient (Wildman–Crippen LogP) is 9.24. The van der Waals surface area contributed by atoms with Gasteiger partial charge in [0.25, 0.3) is 0 Å². The molecule has 4 rings (SSSR count). The van der Waals surface area contributed by atoms with Crippen LogP contribution in [0.4, 0.5) is 0 Å². The molecule has 0 heterocycles. The predicted molar refractivity (Wildman–Crippen MR) is 166 cm³/mol. The van der Waals surface area contributed by atoms with Crippen molar-refractivity contribution in [2.75, 3.05) is 0 Å². The van der Waals surface area contributed by atoms with Crippen LogP contribution in [0.3, 0.4) is 0 Å². The highest BCUT2D eigenvalue weighted by Crippen LogP contribution is 2.43. The smallest absolute Gasteiger partial charge is 0.163 e. The van der Waals surface area contributed by atoms with Gasteiger partial charge in [-0.3, -0.25) is 14.4 Å². The Labute approximate surface area is 240 Å². The Morgan fingerprint density at radius 3 is 2.30 bits per heavy atom. The summed E-state index contributed by atoms with van der Waals surface area (Å²) in [5.41, 5.74) is 6.66. The van der Waals surface area contributed by atoms with Gasteiger partial charge in [-0.1, -0.05) is 89.9 Å². The Hall–Kier alpha value is -3.07. The number of rotatable bonds is 10. The summed E-state index contributed by atoms with van der Waals surface area (Å²) in [6, 6.07) is 17.4. The highest BCUT2D eigenvalue weighted by molar-refractivity contribution is 6.03. The minimum atomic E-state index is -0.120. The Morgan fingerprint density at radius 1 is 0.975 bits per heavy atom. The number of hydrogen-bond donors (Lipinski definition) is 0. The van der Waals surface area contributed by atoms with Crippen molar-refractivity contribution in [1.29, 1.82) is 0 Å². The van der Waals surface area contributed by atoms with Crippen molar-refractivity contribution in [3.8, 4) is 11.1 Å². The molecule has 3 nitrogen and oxygen atoms in total. The summed E-state index contributed by atoms with van der Waals surface area (Å²) in [6.07, 6.45) is 4.90. The molecule has 0 amide bonds. The standard InChI is InChI=1S/C37H46O3/c1-8-12-28(30(9-2)34(39)17-23(3)38)18-25-19-32-31(29-16-15-26-13-10-11-14-27(26)21-29)22-33(37(5,6)7)24(4)36(32)35(40)20-25/h10-11,13-16,21-22,25,28,30H,8-9,12,17-20H2,1-7H3. The molecule has 3 aromatic carbocycles. The van der Waals surface area contributed by atoms with Crippen LogP contribution in [0.25, 0.3) is 21.9 Å². The quantitative estimate of drug-likeness (QED) is 0.242. The lowest BCUT2D eigenvalue weighted by Gasteiger charge is -2.34. The van der Waals surface area contributed by atoms with E-state index in [9.17, 15) is 14.4 Å². The van der Waals surface area contributed by atoms with Crippen molar-refractivity contribution in [3.05, 3.63) is 70.8 Å². The van der Waals surface area contributed by atoms with E-state index >= 15 is 0 Å². The zero-order valence-electron chi connectivity index (χ0n) is 25.5. The molecule has 3 atom stereocenters. The van der Waals surface area contributed by atoms with E-state index in [4.69, 9.17) is 0 Å². The first-order valence-corrected chi connectivity index (χ1v) is 15.2. The van der Waals surface area contributed by atoms with Crippen molar-refractivity contribution in [1.82, 2.24) is 0 Å². The summed E-state index contributed by atoms with van der Waals surface area (Å²) < 4.78 is 0. The molecule has 0 N–H and O–H groups in total. The molecule has 3 heteroatoms. The summed E-state index contributed by atoms with van der Waals surface area (Å²) in [5.74, 6) is 0.500. The number of benzene rings is 3. The third kappa shape index (κ3) is 6.29. The van der Waals surface area contributed by atoms with Gasteiger partial charge in [0.2, 0.25) is 0 Å². The monoisotopic (exact) mass is 538 g/mol. The van der Waals surface area contributed by atoms with Crippen LogP contribution in [0.1, 0.15) is 107 Å².